The molecule has 0 fully saturated rings. The van der Waals surface area contributed by atoms with E-state index in [0.717, 1.165) is 0 Å². The first kappa shape index (κ1) is 13.3. The van der Waals surface area contributed by atoms with Gasteiger partial charge in [0.05, 0.1) is 7.11 Å². The van der Waals surface area contributed by atoms with Crippen molar-refractivity contribution in [3.05, 3.63) is 47.5 Å². The van der Waals surface area contributed by atoms with E-state index in [1.54, 1.807) is 12.1 Å². The Balaban J connectivity index is 2.00. The van der Waals surface area contributed by atoms with Crippen molar-refractivity contribution in [3.8, 4) is 23.0 Å². The van der Waals surface area contributed by atoms with Gasteiger partial charge in [0, 0.05) is 29.7 Å². The van der Waals surface area contributed by atoms with E-state index in [-0.39, 0.29) is 23.7 Å². The largest absolute Gasteiger partial charge is 0.508 e. The molecule has 0 saturated carbocycles. The molecule has 0 aromatic heterocycles. The summed E-state index contributed by atoms with van der Waals surface area (Å²) in [6.07, 6.45) is -0.575. The van der Waals surface area contributed by atoms with Crippen LogP contribution in [0.2, 0.25) is 0 Å². The third-order valence-corrected chi connectivity index (χ3v) is 3.46. The number of carbonyl (C=O) groups excluding carboxylic acids is 1. The van der Waals surface area contributed by atoms with Crippen molar-refractivity contribution >= 4 is 5.78 Å². The van der Waals surface area contributed by atoms with Crippen LogP contribution < -0.4 is 9.47 Å². The first-order valence-electron chi connectivity index (χ1n) is 6.46. The molecule has 0 radical (unpaired) electrons. The molecular formula is C16H14O5. The Morgan fingerprint density at radius 2 is 1.86 bits per heavy atom. The minimum Gasteiger partial charge on any atom is -0.508 e. The van der Waals surface area contributed by atoms with Crippen LogP contribution in [0.15, 0.2) is 36.4 Å². The van der Waals surface area contributed by atoms with Crippen LogP contribution in [0, 0.1) is 0 Å². The molecule has 5 nitrogen and oxygen atoms in total. The summed E-state index contributed by atoms with van der Waals surface area (Å²) in [6.45, 7) is 0. The van der Waals surface area contributed by atoms with Crippen LogP contribution >= 0.6 is 0 Å². The molecule has 5 heteroatoms. The Morgan fingerprint density at radius 1 is 1.14 bits per heavy atom. The smallest absolute Gasteiger partial charge is 0.182 e. The number of ether oxygens (including phenoxy) is 2. The molecule has 2 aromatic rings. The van der Waals surface area contributed by atoms with E-state index in [4.69, 9.17) is 9.47 Å². The monoisotopic (exact) mass is 286 g/mol. The maximum absolute atomic E-state index is 12.3. The molecule has 2 N–H and O–H groups in total. The van der Waals surface area contributed by atoms with Crippen molar-refractivity contribution in [2.75, 3.05) is 7.11 Å². The van der Waals surface area contributed by atoms with Crippen molar-refractivity contribution in [1.29, 1.82) is 0 Å². The Morgan fingerprint density at radius 3 is 2.52 bits per heavy atom. The lowest BCUT2D eigenvalue weighted by molar-refractivity contribution is -0.126. The van der Waals surface area contributed by atoms with Crippen LogP contribution in [-0.4, -0.2) is 23.1 Å². The maximum atomic E-state index is 12.3. The molecular weight excluding hydrogens is 272 g/mol. The van der Waals surface area contributed by atoms with Gasteiger partial charge in [-0.3, -0.25) is 4.79 Å². The summed E-state index contributed by atoms with van der Waals surface area (Å²) >= 11 is 0. The van der Waals surface area contributed by atoms with Gasteiger partial charge in [-0.05, 0) is 12.1 Å². The van der Waals surface area contributed by atoms with Gasteiger partial charge in [-0.15, -0.1) is 0 Å². The molecule has 2 aromatic carbocycles. The van der Waals surface area contributed by atoms with E-state index in [9.17, 15) is 15.0 Å². The van der Waals surface area contributed by atoms with Crippen LogP contribution in [0.3, 0.4) is 0 Å². The lowest BCUT2D eigenvalue weighted by Gasteiger charge is -2.26. The molecule has 21 heavy (non-hydrogen) atoms. The van der Waals surface area contributed by atoms with Gasteiger partial charge in [-0.1, -0.05) is 12.1 Å². The Kier molecular flexibility index (Phi) is 3.17. The highest BCUT2D eigenvalue weighted by atomic mass is 16.5. The molecule has 0 aliphatic carbocycles. The van der Waals surface area contributed by atoms with Crippen molar-refractivity contribution in [1.82, 2.24) is 0 Å². The maximum Gasteiger partial charge on any atom is 0.182 e. The number of phenolic OH excluding ortho intramolecular Hbond substituents is 2. The molecule has 0 bridgehead atoms. The zero-order chi connectivity index (χ0) is 15.0. The minimum atomic E-state index is -0.746. The summed E-state index contributed by atoms with van der Waals surface area (Å²) in [5, 5.41) is 19.0. The average Bonchev–Trinajstić information content (AvgIpc) is 2.47. The number of hydrogen-bond donors (Lipinski definition) is 2. The van der Waals surface area contributed by atoms with E-state index in [2.05, 4.69) is 0 Å². The van der Waals surface area contributed by atoms with Gasteiger partial charge >= 0.3 is 0 Å². The Bertz CT molecular complexity index is 691. The van der Waals surface area contributed by atoms with Crippen molar-refractivity contribution in [2.24, 2.45) is 0 Å². The molecule has 0 saturated heterocycles. The van der Waals surface area contributed by atoms with Crippen molar-refractivity contribution < 1.29 is 24.5 Å². The lowest BCUT2D eigenvalue weighted by atomic mass is 9.95. The van der Waals surface area contributed by atoms with Crippen molar-refractivity contribution in [2.45, 2.75) is 12.5 Å². The number of phenols is 2. The van der Waals surface area contributed by atoms with Gasteiger partial charge in [-0.2, -0.15) is 0 Å². The molecule has 1 heterocycles. The highest BCUT2D eigenvalue weighted by Gasteiger charge is 2.31. The van der Waals surface area contributed by atoms with Gasteiger partial charge in [0.1, 0.15) is 23.0 Å². The summed E-state index contributed by atoms with van der Waals surface area (Å²) in [4.78, 5) is 12.3. The second kappa shape index (κ2) is 5.01. The third kappa shape index (κ3) is 2.38. The molecule has 1 unspecified atom stereocenters. The topological polar surface area (TPSA) is 76.0 Å². The number of rotatable bonds is 2. The summed E-state index contributed by atoms with van der Waals surface area (Å²) in [5.41, 5.74) is 1.29. The number of aromatic hydroxyl groups is 2. The first-order chi connectivity index (χ1) is 10.1. The van der Waals surface area contributed by atoms with Gasteiger partial charge in [0.15, 0.2) is 11.9 Å². The van der Waals surface area contributed by atoms with Crippen LogP contribution in [0.25, 0.3) is 0 Å². The number of benzene rings is 2. The predicted octanol–water partition coefficient (Wildman–Crippen LogP) is 2.35. The van der Waals surface area contributed by atoms with E-state index >= 15 is 0 Å². The lowest BCUT2D eigenvalue weighted by Crippen LogP contribution is -2.26. The number of Topliss-reactive ketones (excluding diaryl/α,β-unsaturated/α-hetero) is 1. The van der Waals surface area contributed by atoms with E-state index in [0.29, 0.717) is 22.6 Å². The summed E-state index contributed by atoms with van der Waals surface area (Å²) < 4.78 is 10.9. The van der Waals surface area contributed by atoms with Crippen LogP contribution in [0.4, 0.5) is 0 Å². The molecule has 1 atom stereocenters. The zero-order valence-corrected chi connectivity index (χ0v) is 11.4. The van der Waals surface area contributed by atoms with Gasteiger partial charge < -0.3 is 19.7 Å². The number of carbonyl (C=O) groups is 1. The molecule has 108 valence electrons. The van der Waals surface area contributed by atoms with Crippen LogP contribution in [0.1, 0.15) is 17.2 Å². The Labute approximate surface area is 121 Å². The Hall–Kier alpha value is -2.69. The first-order valence-corrected chi connectivity index (χ1v) is 6.46. The van der Waals surface area contributed by atoms with E-state index in [1.807, 2.05) is 0 Å². The SMILES string of the molecule is COc1cc(O)cc2c1CC(=O)C(c1ccc(O)cc1)O2. The van der Waals surface area contributed by atoms with Crippen LogP contribution in [0.5, 0.6) is 23.0 Å². The van der Waals surface area contributed by atoms with Gasteiger partial charge in [-0.25, -0.2) is 0 Å². The van der Waals surface area contributed by atoms with E-state index < -0.39 is 6.10 Å². The molecule has 0 spiro atoms. The fourth-order valence-corrected chi connectivity index (χ4v) is 2.43. The average molecular weight is 286 g/mol. The second-order valence-corrected chi connectivity index (χ2v) is 4.86. The normalized spacial score (nSPS) is 17.0. The molecule has 0 amide bonds. The second-order valence-electron chi connectivity index (χ2n) is 4.86. The fraction of sp³-hybridized carbons (Fsp3) is 0.188. The van der Waals surface area contributed by atoms with Crippen LogP contribution in [-0.2, 0) is 11.2 Å². The number of methoxy groups -OCH3 is 1. The van der Waals surface area contributed by atoms with Gasteiger partial charge in [0.25, 0.3) is 0 Å². The van der Waals surface area contributed by atoms with Gasteiger partial charge in [0.2, 0.25) is 0 Å². The highest BCUT2D eigenvalue weighted by Crippen LogP contribution is 2.40. The fourth-order valence-electron chi connectivity index (χ4n) is 2.43. The molecule has 3 rings (SSSR count). The standard InChI is InChI=1S/C16H14O5/c1-20-14-6-11(18)7-15-12(14)8-13(19)16(21-15)9-2-4-10(17)5-3-9/h2-7,16-18H,8H2,1H3. The quantitative estimate of drug-likeness (QED) is 0.886. The summed E-state index contributed by atoms with van der Waals surface area (Å²) in [7, 11) is 1.48. The highest BCUT2D eigenvalue weighted by molar-refractivity contribution is 5.89. The number of hydrogen-bond acceptors (Lipinski definition) is 5. The third-order valence-electron chi connectivity index (χ3n) is 3.46. The summed E-state index contributed by atoms with van der Waals surface area (Å²) in [5.74, 6) is 0.912. The number of ketones is 1. The predicted molar refractivity (Wildman–Crippen MR) is 74.8 cm³/mol. The minimum absolute atomic E-state index is 0.0180. The van der Waals surface area contributed by atoms with E-state index in [1.165, 1.54) is 31.4 Å². The molecule has 1 aliphatic rings. The zero-order valence-electron chi connectivity index (χ0n) is 11.4. The number of fused-ring (bicyclic) bond motifs is 1. The summed E-state index contributed by atoms with van der Waals surface area (Å²) in [6, 6.07) is 9.22. The molecule has 1 aliphatic heterocycles. The van der Waals surface area contributed by atoms with Crippen molar-refractivity contribution in [3.63, 3.8) is 0 Å².